The molecule has 0 radical (unpaired) electrons. The lowest BCUT2D eigenvalue weighted by Crippen LogP contribution is -2.43. The Kier molecular flexibility index (Phi) is 6.31. The monoisotopic (exact) mass is 350 g/mol. The van der Waals surface area contributed by atoms with Gasteiger partial charge in [0, 0.05) is 0 Å². The van der Waals surface area contributed by atoms with Crippen molar-refractivity contribution in [3.8, 4) is 5.75 Å². The Bertz CT molecular complexity index is 548. The molecule has 0 spiro atoms. The Morgan fingerprint density at radius 1 is 1.04 bits per heavy atom. The van der Waals surface area contributed by atoms with Crippen LogP contribution in [0.3, 0.4) is 0 Å². The van der Waals surface area contributed by atoms with Crippen LogP contribution in [0, 0.1) is 5.92 Å². The van der Waals surface area contributed by atoms with Crippen LogP contribution in [0.4, 0.5) is 0 Å². The fourth-order valence-electron chi connectivity index (χ4n) is 1.98. The van der Waals surface area contributed by atoms with Crippen LogP contribution in [-0.2, 0) is 16.0 Å². The lowest BCUT2D eigenvalue weighted by molar-refractivity contribution is -0.159. The molecule has 0 heterocycles. The highest BCUT2D eigenvalue weighted by Crippen LogP contribution is 2.37. The highest BCUT2D eigenvalue weighted by Gasteiger charge is 2.38. The van der Waals surface area contributed by atoms with Crippen molar-refractivity contribution in [1.29, 1.82) is 0 Å². The Hall–Kier alpha value is -1.29. The number of carbonyl (C=O) groups excluding carboxylic acids is 1. The zero-order chi connectivity index (χ0) is 18.8. The summed E-state index contributed by atoms with van der Waals surface area (Å²) in [5.41, 5.74) is 0.683. The second kappa shape index (κ2) is 7.30. The first-order valence-corrected chi connectivity index (χ1v) is 11.6. The molecule has 0 bridgehead atoms. The van der Waals surface area contributed by atoms with E-state index in [1.54, 1.807) is 0 Å². The van der Waals surface area contributed by atoms with E-state index in [1.165, 1.54) is 0 Å². The minimum atomic E-state index is -1.81. The molecule has 136 valence electrons. The average molecular weight is 351 g/mol. The first kappa shape index (κ1) is 20.8. The Labute approximate surface area is 148 Å². The Balaban J connectivity index is 2.70. The molecule has 0 N–H and O–H groups in total. The van der Waals surface area contributed by atoms with Crippen molar-refractivity contribution < 1.29 is 14.0 Å². The molecule has 1 rings (SSSR count). The number of carbonyl (C=O) groups is 1. The Morgan fingerprint density at radius 3 is 1.96 bits per heavy atom. The third-order valence-electron chi connectivity index (χ3n) is 4.45. The minimum Gasteiger partial charge on any atom is -0.544 e. The van der Waals surface area contributed by atoms with Crippen LogP contribution in [0.15, 0.2) is 24.3 Å². The van der Waals surface area contributed by atoms with Crippen molar-refractivity contribution in [1.82, 2.24) is 0 Å². The van der Waals surface area contributed by atoms with Gasteiger partial charge in [-0.05, 0) is 63.0 Å². The molecular weight excluding hydrogens is 316 g/mol. The zero-order valence-electron chi connectivity index (χ0n) is 16.8. The molecular formula is C20H34O3Si. The third-order valence-corrected chi connectivity index (χ3v) is 8.81. The smallest absolute Gasteiger partial charge is 0.309 e. The second-order valence-corrected chi connectivity index (χ2v) is 13.9. The number of ether oxygens (including phenoxy) is 1. The van der Waals surface area contributed by atoms with Crippen molar-refractivity contribution >= 4 is 14.3 Å². The van der Waals surface area contributed by atoms with Gasteiger partial charge in [0.1, 0.15) is 11.4 Å². The number of hydrogen-bond acceptors (Lipinski definition) is 3. The van der Waals surface area contributed by atoms with Gasteiger partial charge < -0.3 is 9.16 Å². The highest BCUT2D eigenvalue weighted by molar-refractivity contribution is 6.74. The number of rotatable bonds is 5. The first-order valence-electron chi connectivity index (χ1n) is 8.72. The van der Waals surface area contributed by atoms with Gasteiger partial charge in [0.15, 0.2) is 0 Å². The highest BCUT2D eigenvalue weighted by atomic mass is 28.4. The molecule has 1 aromatic carbocycles. The molecule has 0 aliphatic carbocycles. The minimum absolute atomic E-state index is 0.149. The summed E-state index contributed by atoms with van der Waals surface area (Å²) in [6.07, 6.45) is 0.676. The lowest BCUT2D eigenvalue weighted by Gasteiger charge is -2.36. The first-order chi connectivity index (χ1) is 10.7. The van der Waals surface area contributed by atoms with Gasteiger partial charge in [0.2, 0.25) is 8.32 Å². The summed E-state index contributed by atoms with van der Waals surface area (Å²) in [7, 11) is -1.81. The molecule has 0 aromatic heterocycles. The summed E-state index contributed by atoms with van der Waals surface area (Å²) in [6.45, 7) is 18.8. The van der Waals surface area contributed by atoms with E-state index in [0.717, 1.165) is 11.3 Å². The molecule has 0 amide bonds. The maximum absolute atomic E-state index is 12.1. The van der Waals surface area contributed by atoms with Gasteiger partial charge in [-0.15, -0.1) is 0 Å². The standard InChI is InChI=1S/C20H34O3Si/c1-15(18(21)22-19(2,3)4)14-16-10-12-17(13-11-16)23-24(8,9)20(5,6)7/h10-13,15H,14H2,1-9H3. The lowest BCUT2D eigenvalue weighted by atomic mass is 10.0. The molecule has 1 unspecified atom stereocenters. The van der Waals surface area contributed by atoms with Gasteiger partial charge in [-0.2, -0.15) is 0 Å². The summed E-state index contributed by atoms with van der Waals surface area (Å²) >= 11 is 0. The van der Waals surface area contributed by atoms with Gasteiger partial charge in [-0.25, -0.2) is 0 Å². The van der Waals surface area contributed by atoms with Crippen LogP contribution in [0.5, 0.6) is 5.75 Å². The maximum Gasteiger partial charge on any atom is 0.309 e. The normalized spacial score (nSPS) is 14.2. The molecule has 1 atom stereocenters. The Morgan fingerprint density at radius 2 is 1.54 bits per heavy atom. The van der Waals surface area contributed by atoms with Crippen molar-refractivity contribution in [3.05, 3.63) is 29.8 Å². The summed E-state index contributed by atoms with van der Waals surface area (Å²) in [6, 6.07) is 8.11. The summed E-state index contributed by atoms with van der Waals surface area (Å²) in [4.78, 5) is 12.1. The molecule has 24 heavy (non-hydrogen) atoms. The van der Waals surface area contributed by atoms with E-state index < -0.39 is 13.9 Å². The molecule has 0 aliphatic rings. The largest absolute Gasteiger partial charge is 0.544 e. The molecule has 0 saturated heterocycles. The van der Waals surface area contributed by atoms with E-state index in [4.69, 9.17) is 9.16 Å². The SMILES string of the molecule is CC(Cc1ccc(O[Si](C)(C)C(C)(C)C)cc1)C(=O)OC(C)(C)C. The summed E-state index contributed by atoms with van der Waals surface area (Å²) in [5, 5.41) is 0.177. The van der Waals surface area contributed by atoms with E-state index in [0.29, 0.717) is 6.42 Å². The number of hydrogen-bond donors (Lipinski definition) is 0. The van der Waals surface area contributed by atoms with Crippen LogP contribution >= 0.6 is 0 Å². The molecule has 3 nitrogen and oxygen atoms in total. The van der Waals surface area contributed by atoms with Crippen molar-refractivity contribution in [2.45, 2.75) is 78.6 Å². The van der Waals surface area contributed by atoms with Crippen LogP contribution < -0.4 is 4.43 Å². The van der Waals surface area contributed by atoms with Crippen LogP contribution in [0.25, 0.3) is 0 Å². The number of benzene rings is 1. The number of esters is 1. The topological polar surface area (TPSA) is 35.5 Å². The molecule has 4 heteroatoms. The quantitative estimate of drug-likeness (QED) is 0.513. The maximum atomic E-state index is 12.1. The average Bonchev–Trinajstić information content (AvgIpc) is 2.37. The van der Waals surface area contributed by atoms with Gasteiger partial charge >= 0.3 is 5.97 Å². The third kappa shape index (κ3) is 6.31. The van der Waals surface area contributed by atoms with Crippen molar-refractivity contribution in [3.63, 3.8) is 0 Å². The van der Waals surface area contributed by atoms with Gasteiger partial charge in [-0.3, -0.25) is 4.79 Å². The van der Waals surface area contributed by atoms with Gasteiger partial charge in [-0.1, -0.05) is 39.8 Å². The van der Waals surface area contributed by atoms with Gasteiger partial charge in [0.25, 0.3) is 0 Å². The van der Waals surface area contributed by atoms with Crippen LogP contribution in [0.2, 0.25) is 18.1 Å². The second-order valence-electron chi connectivity index (χ2n) is 9.14. The van der Waals surface area contributed by atoms with E-state index >= 15 is 0 Å². The molecule has 1 aromatic rings. The van der Waals surface area contributed by atoms with E-state index in [1.807, 2.05) is 52.0 Å². The van der Waals surface area contributed by atoms with Crippen molar-refractivity contribution in [2.75, 3.05) is 0 Å². The van der Waals surface area contributed by atoms with Gasteiger partial charge in [0.05, 0.1) is 5.92 Å². The van der Waals surface area contributed by atoms with Crippen molar-refractivity contribution in [2.24, 2.45) is 5.92 Å². The van der Waals surface area contributed by atoms with E-state index in [2.05, 4.69) is 33.9 Å². The van der Waals surface area contributed by atoms with E-state index in [9.17, 15) is 4.79 Å². The predicted molar refractivity (Wildman–Crippen MR) is 103 cm³/mol. The summed E-state index contributed by atoms with van der Waals surface area (Å²) in [5.74, 6) is 0.607. The van der Waals surface area contributed by atoms with Crippen LogP contribution in [0.1, 0.15) is 54.0 Å². The fraction of sp³-hybridized carbons (Fsp3) is 0.650. The van der Waals surface area contributed by atoms with E-state index in [-0.39, 0.29) is 16.9 Å². The zero-order valence-corrected chi connectivity index (χ0v) is 17.8. The van der Waals surface area contributed by atoms with Crippen LogP contribution in [-0.4, -0.2) is 19.9 Å². The molecule has 0 fully saturated rings. The molecule has 0 saturated carbocycles. The fourth-order valence-corrected chi connectivity index (χ4v) is 3.01. The predicted octanol–water partition coefficient (Wildman–Crippen LogP) is 5.59. The molecule has 0 aliphatic heterocycles. The summed E-state index contributed by atoms with van der Waals surface area (Å²) < 4.78 is 11.7.